The topological polar surface area (TPSA) is 51.3 Å². The Morgan fingerprint density at radius 1 is 1.42 bits per heavy atom. The molecule has 2 N–H and O–H groups in total. The summed E-state index contributed by atoms with van der Waals surface area (Å²) in [6.45, 7) is 9.36. The molecular formula is C15H25N3O. The number of amides is 1. The van der Waals surface area contributed by atoms with Gasteiger partial charge in [0.1, 0.15) is 5.69 Å². The average Bonchev–Trinajstić information content (AvgIpc) is 2.74. The minimum absolute atomic E-state index is 0.115. The van der Waals surface area contributed by atoms with Crippen LogP contribution in [-0.4, -0.2) is 28.0 Å². The van der Waals surface area contributed by atoms with Gasteiger partial charge < -0.3 is 15.2 Å². The number of anilines is 1. The van der Waals surface area contributed by atoms with Crippen molar-refractivity contribution >= 4 is 11.6 Å². The van der Waals surface area contributed by atoms with E-state index in [1.54, 1.807) is 6.07 Å². The first kappa shape index (κ1) is 14.0. The van der Waals surface area contributed by atoms with Gasteiger partial charge in [-0.3, -0.25) is 4.79 Å². The number of nitrogens with two attached hydrogens (primary N) is 1. The summed E-state index contributed by atoms with van der Waals surface area (Å²) in [6.07, 6.45) is 4.16. The maximum absolute atomic E-state index is 12.7. The van der Waals surface area contributed by atoms with Crippen molar-refractivity contribution < 1.29 is 4.79 Å². The van der Waals surface area contributed by atoms with Crippen LogP contribution in [-0.2, 0) is 0 Å². The maximum atomic E-state index is 12.7. The SMILES string of the molecule is CC1CCCN(C(=O)c2cc(N)cn2C(C)C)C1C. The molecule has 0 bridgehead atoms. The van der Waals surface area contributed by atoms with Crippen LogP contribution >= 0.6 is 0 Å². The van der Waals surface area contributed by atoms with E-state index in [1.807, 2.05) is 15.7 Å². The van der Waals surface area contributed by atoms with E-state index in [0.717, 1.165) is 13.0 Å². The van der Waals surface area contributed by atoms with Crippen molar-refractivity contribution in [3.8, 4) is 0 Å². The minimum Gasteiger partial charge on any atom is -0.397 e. The van der Waals surface area contributed by atoms with Gasteiger partial charge in [-0.15, -0.1) is 0 Å². The molecule has 0 aromatic carbocycles. The summed E-state index contributed by atoms with van der Waals surface area (Å²) in [7, 11) is 0. The number of piperidine rings is 1. The zero-order valence-corrected chi connectivity index (χ0v) is 12.4. The molecule has 1 amide bonds. The molecule has 0 aliphatic carbocycles. The van der Waals surface area contributed by atoms with Crippen LogP contribution in [0.4, 0.5) is 5.69 Å². The van der Waals surface area contributed by atoms with Crippen molar-refractivity contribution in [2.24, 2.45) is 5.92 Å². The smallest absolute Gasteiger partial charge is 0.270 e. The zero-order chi connectivity index (χ0) is 14.2. The first-order valence-electron chi connectivity index (χ1n) is 7.20. The Kier molecular flexibility index (Phi) is 3.88. The van der Waals surface area contributed by atoms with Crippen molar-refractivity contribution in [3.63, 3.8) is 0 Å². The Morgan fingerprint density at radius 2 is 2.11 bits per heavy atom. The van der Waals surface area contributed by atoms with Gasteiger partial charge in [-0.1, -0.05) is 6.92 Å². The second-order valence-corrected chi connectivity index (χ2v) is 6.02. The third-order valence-electron chi connectivity index (χ3n) is 4.28. The van der Waals surface area contributed by atoms with E-state index >= 15 is 0 Å². The molecule has 1 aromatic rings. The van der Waals surface area contributed by atoms with Crippen LogP contribution < -0.4 is 5.73 Å². The average molecular weight is 263 g/mol. The van der Waals surface area contributed by atoms with E-state index in [2.05, 4.69) is 27.7 Å². The summed E-state index contributed by atoms with van der Waals surface area (Å²) >= 11 is 0. The number of nitrogen functional groups attached to an aromatic ring is 1. The zero-order valence-electron chi connectivity index (χ0n) is 12.4. The highest BCUT2D eigenvalue weighted by Gasteiger charge is 2.30. The molecule has 1 aliphatic rings. The number of likely N-dealkylation sites (tertiary alicyclic amines) is 1. The van der Waals surface area contributed by atoms with Crippen LogP contribution in [0.5, 0.6) is 0 Å². The van der Waals surface area contributed by atoms with Gasteiger partial charge in [0, 0.05) is 24.8 Å². The van der Waals surface area contributed by atoms with Crippen molar-refractivity contribution in [2.75, 3.05) is 12.3 Å². The lowest BCUT2D eigenvalue weighted by molar-refractivity contribution is 0.0538. The van der Waals surface area contributed by atoms with Crippen LogP contribution in [0.2, 0.25) is 0 Å². The second kappa shape index (κ2) is 5.27. The van der Waals surface area contributed by atoms with Crippen molar-refractivity contribution in [1.29, 1.82) is 0 Å². The molecule has 2 rings (SSSR count). The first-order chi connectivity index (χ1) is 8.91. The summed E-state index contributed by atoms with van der Waals surface area (Å²) in [5, 5.41) is 0. The number of carbonyl (C=O) groups is 1. The van der Waals surface area contributed by atoms with Gasteiger partial charge in [-0.05, 0) is 45.6 Å². The number of nitrogens with zero attached hydrogens (tertiary/aromatic N) is 2. The number of rotatable bonds is 2. The molecule has 4 heteroatoms. The second-order valence-electron chi connectivity index (χ2n) is 6.02. The molecule has 1 aromatic heterocycles. The number of hydrogen-bond donors (Lipinski definition) is 1. The van der Waals surface area contributed by atoms with Crippen LogP contribution in [0, 0.1) is 5.92 Å². The Hall–Kier alpha value is -1.45. The number of carbonyl (C=O) groups excluding carboxylic acids is 1. The van der Waals surface area contributed by atoms with Crippen LogP contribution in [0.25, 0.3) is 0 Å². The van der Waals surface area contributed by atoms with Crippen LogP contribution in [0.3, 0.4) is 0 Å². The molecule has 4 nitrogen and oxygen atoms in total. The predicted molar refractivity (Wildman–Crippen MR) is 78.1 cm³/mol. The molecule has 106 valence electrons. The highest BCUT2D eigenvalue weighted by Crippen LogP contribution is 2.26. The van der Waals surface area contributed by atoms with E-state index in [4.69, 9.17) is 5.73 Å². The largest absolute Gasteiger partial charge is 0.397 e. The fraction of sp³-hybridized carbons (Fsp3) is 0.667. The molecule has 0 radical (unpaired) electrons. The predicted octanol–water partition coefficient (Wildman–Crippen LogP) is 2.91. The lowest BCUT2D eigenvalue weighted by atomic mass is 9.92. The number of aromatic nitrogens is 1. The third kappa shape index (κ3) is 2.62. The van der Waals surface area contributed by atoms with Gasteiger partial charge in [0.15, 0.2) is 0 Å². The minimum atomic E-state index is 0.115. The molecule has 2 unspecified atom stereocenters. The van der Waals surface area contributed by atoms with Gasteiger partial charge in [-0.2, -0.15) is 0 Å². The van der Waals surface area contributed by atoms with Crippen molar-refractivity contribution in [1.82, 2.24) is 9.47 Å². The normalized spacial score (nSPS) is 23.9. The van der Waals surface area contributed by atoms with Crippen LogP contribution in [0.1, 0.15) is 57.1 Å². The summed E-state index contributed by atoms with van der Waals surface area (Å²) < 4.78 is 1.98. The Labute approximate surface area is 115 Å². The number of hydrogen-bond acceptors (Lipinski definition) is 2. The Morgan fingerprint density at radius 3 is 2.74 bits per heavy atom. The van der Waals surface area contributed by atoms with Gasteiger partial charge in [-0.25, -0.2) is 0 Å². The summed E-state index contributed by atoms with van der Waals surface area (Å²) in [6, 6.07) is 2.35. The van der Waals surface area contributed by atoms with E-state index in [-0.39, 0.29) is 11.9 Å². The molecule has 1 fully saturated rings. The molecule has 1 aliphatic heterocycles. The molecule has 2 heterocycles. The third-order valence-corrected chi connectivity index (χ3v) is 4.28. The van der Waals surface area contributed by atoms with Gasteiger partial charge in [0.05, 0.1) is 5.69 Å². The molecular weight excluding hydrogens is 238 g/mol. The maximum Gasteiger partial charge on any atom is 0.270 e. The van der Waals surface area contributed by atoms with E-state index in [9.17, 15) is 4.79 Å². The summed E-state index contributed by atoms with van der Waals surface area (Å²) in [5.41, 5.74) is 7.23. The van der Waals surface area contributed by atoms with Crippen molar-refractivity contribution in [3.05, 3.63) is 18.0 Å². The molecule has 0 saturated carbocycles. The lowest BCUT2D eigenvalue weighted by Gasteiger charge is -2.38. The highest BCUT2D eigenvalue weighted by molar-refractivity contribution is 5.94. The van der Waals surface area contributed by atoms with E-state index in [0.29, 0.717) is 23.3 Å². The van der Waals surface area contributed by atoms with Gasteiger partial charge >= 0.3 is 0 Å². The molecule has 1 saturated heterocycles. The lowest BCUT2D eigenvalue weighted by Crippen LogP contribution is -2.46. The molecule has 19 heavy (non-hydrogen) atoms. The quantitative estimate of drug-likeness (QED) is 0.892. The van der Waals surface area contributed by atoms with Crippen molar-refractivity contribution in [2.45, 2.75) is 52.6 Å². The summed E-state index contributed by atoms with van der Waals surface area (Å²) in [4.78, 5) is 14.7. The highest BCUT2D eigenvalue weighted by atomic mass is 16.2. The van der Waals surface area contributed by atoms with Gasteiger partial charge in [0.2, 0.25) is 0 Å². The monoisotopic (exact) mass is 263 g/mol. The first-order valence-corrected chi connectivity index (χ1v) is 7.20. The van der Waals surface area contributed by atoms with E-state index < -0.39 is 0 Å². The fourth-order valence-electron chi connectivity index (χ4n) is 2.87. The summed E-state index contributed by atoms with van der Waals surface area (Å²) in [5.74, 6) is 0.682. The Bertz CT molecular complexity index is 464. The van der Waals surface area contributed by atoms with Crippen LogP contribution in [0.15, 0.2) is 12.3 Å². The standard InChI is InChI=1S/C15H25N3O/c1-10(2)18-9-13(16)8-14(18)15(19)17-7-5-6-11(3)12(17)4/h8-12H,5-7,16H2,1-4H3. The molecule has 2 atom stereocenters. The Balaban J connectivity index is 2.28. The molecule has 0 spiro atoms. The fourth-order valence-corrected chi connectivity index (χ4v) is 2.87. The van der Waals surface area contributed by atoms with Gasteiger partial charge in [0.25, 0.3) is 5.91 Å². The van der Waals surface area contributed by atoms with E-state index in [1.165, 1.54) is 6.42 Å².